The van der Waals surface area contributed by atoms with E-state index in [1.807, 2.05) is 33.8 Å². The van der Waals surface area contributed by atoms with Gasteiger partial charge < -0.3 is 19.5 Å². The summed E-state index contributed by atoms with van der Waals surface area (Å²) in [7, 11) is 3.39. The Morgan fingerprint density at radius 1 is 1.10 bits per heavy atom. The van der Waals surface area contributed by atoms with E-state index in [1.54, 1.807) is 19.8 Å². The lowest BCUT2D eigenvalue weighted by Crippen LogP contribution is -2.41. The fraction of sp³-hybridized carbons (Fsp3) is 0.640. The number of carbonyl (C=O) groups excluding carboxylic acids is 1. The molecule has 1 aliphatic heterocycles. The Labute approximate surface area is 181 Å². The number of methoxy groups -OCH3 is 2. The summed E-state index contributed by atoms with van der Waals surface area (Å²) in [5.74, 6) is 1.58. The molecule has 1 aromatic rings. The van der Waals surface area contributed by atoms with Crippen molar-refractivity contribution < 1.29 is 19.0 Å². The summed E-state index contributed by atoms with van der Waals surface area (Å²) in [6, 6.07) is 6.42. The Kier molecular flexibility index (Phi) is 6.51. The molecule has 2 fully saturated rings. The van der Waals surface area contributed by atoms with E-state index in [9.17, 15) is 4.79 Å². The molecule has 30 heavy (non-hydrogen) atoms. The minimum absolute atomic E-state index is 0.0648. The number of nitrogens with one attached hydrogen (secondary N) is 1. The fourth-order valence-electron chi connectivity index (χ4n) is 5.11. The molecule has 166 valence electrons. The van der Waals surface area contributed by atoms with Crippen LogP contribution >= 0.6 is 0 Å². The Balaban J connectivity index is 0.000000202. The molecule has 0 amide bonds. The lowest BCUT2D eigenvalue weighted by Gasteiger charge is -2.33. The Morgan fingerprint density at radius 2 is 1.80 bits per heavy atom. The summed E-state index contributed by atoms with van der Waals surface area (Å²) in [6.45, 7) is 9.40. The first-order chi connectivity index (χ1) is 14.4. The van der Waals surface area contributed by atoms with Gasteiger partial charge in [0.2, 0.25) is 0 Å². The summed E-state index contributed by atoms with van der Waals surface area (Å²) in [5, 5.41) is 3.71. The first-order valence-electron chi connectivity index (χ1n) is 11.2. The molecule has 1 aromatic carbocycles. The summed E-state index contributed by atoms with van der Waals surface area (Å²) in [5.41, 5.74) is 3.18. The van der Waals surface area contributed by atoms with E-state index in [0.717, 1.165) is 30.9 Å². The highest BCUT2D eigenvalue weighted by atomic mass is 16.5. The molecular formula is C25H37NO4. The zero-order chi connectivity index (χ0) is 22.0. The van der Waals surface area contributed by atoms with E-state index in [2.05, 4.69) is 23.5 Å². The zero-order valence-electron chi connectivity index (χ0n) is 19.4. The monoisotopic (exact) mass is 415 g/mol. The predicted octanol–water partition coefficient (Wildman–Crippen LogP) is 4.78. The van der Waals surface area contributed by atoms with E-state index in [4.69, 9.17) is 14.2 Å². The van der Waals surface area contributed by atoms with Crippen molar-refractivity contribution in [2.24, 2.45) is 5.41 Å². The smallest absolute Gasteiger partial charge is 0.311 e. The molecule has 5 nitrogen and oxygen atoms in total. The number of benzene rings is 1. The van der Waals surface area contributed by atoms with Crippen LogP contribution in [0.2, 0.25) is 0 Å². The normalized spacial score (nSPS) is 26.0. The summed E-state index contributed by atoms with van der Waals surface area (Å²) in [4.78, 5) is 11.3. The first kappa shape index (κ1) is 22.7. The van der Waals surface area contributed by atoms with Gasteiger partial charge in [0.15, 0.2) is 11.5 Å². The number of ether oxygens (including phenoxy) is 3. The van der Waals surface area contributed by atoms with Crippen LogP contribution in [-0.4, -0.2) is 38.9 Å². The zero-order valence-corrected chi connectivity index (χ0v) is 19.4. The molecule has 1 saturated heterocycles. The van der Waals surface area contributed by atoms with Gasteiger partial charge in [-0.15, -0.1) is 0 Å². The standard InChI is InChI=1S/C16H19NO2.C9H18O2/c1-18-13-4-3-11(9-14(13)19-2)15-6-5-12-10-16(12,15)17-8-7-15;1-5-9(4,6-2)8(10)11-7-3/h3-4,9-10,17H,5-8H2,1-2H3;5-7H2,1-4H3/t15-,16-;/m0./s1. The van der Waals surface area contributed by atoms with Crippen molar-refractivity contribution in [2.45, 2.75) is 70.8 Å². The molecule has 1 saturated carbocycles. The van der Waals surface area contributed by atoms with Gasteiger partial charge >= 0.3 is 5.97 Å². The maximum atomic E-state index is 11.3. The molecule has 2 atom stereocenters. The number of carbonyl (C=O) groups is 1. The van der Waals surface area contributed by atoms with Crippen molar-refractivity contribution in [3.05, 3.63) is 35.4 Å². The third-order valence-corrected chi connectivity index (χ3v) is 7.61. The van der Waals surface area contributed by atoms with Crippen molar-refractivity contribution in [1.29, 1.82) is 0 Å². The highest BCUT2D eigenvalue weighted by Gasteiger charge is 2.66. The SMILES string of the molecule is CCOC(=O)C(C)(CC)CC.COc1ccc([C@]23CCN[C@]24C=C4CC3)cc1OC. The number of hydrogen-bond acceptors (Lipinski definition) is 5. The average Bonchev–Trinajstić information content (AvgIpc) is 3.21. The van der Waals surface area contributed by atoms with Crippen LogP contribution in [0.3, 0.4) is 0 Å². The maximum absolute atomic E-state index is 11.3. The molecule has 1 N–H and O–H groups in total. The summed E-state index contributed by atoms with van der Waals surface area (Å²) >= 11 is 0. The van der Waals surface area contributed by atoms with Crippen molar-refractivity contribution in [1.82, 2.24) is 5.32 Å². The third kappa shape index (κ3) is 3.51. The van der Waals surface area contributed by atoms with Crippen LogP contribution in [0.25, 0.3) is 0 Å². The maximum Gasteiger partial charge on any atom is 0.311 e. The molecule has 2 aliphatic carbocycles. The van der Waals surface area contributed by atoms with Crippen molar-refractivity contribution in [2.75, 3.05) is 27.4 Å². The van der Waals surface area contributed by atoms with E-state index in [-0.39, 0.29) is 22.3 Å². The second-order valence-electron chi connectivity index (χ2n) is 8.79. The molecule has 0 aromatic heterocycles. The number of hydrogen-bond donors (Lipinski definition) is 1. The molecule has 0 unspecified atom stereocenters. The molecule has 0 bridgehead atoms. The van der Waals surface area contributed by atoms with Gasteiger partial charge in [-0.2, -0.15) is 0 Å². The van der Waals surface area contributed by atoms with Gasteiger partial charge in [-0.25, -0.2) is 0 Å². The molecule has 5 heteroatoms. The van der Waals surface area contributed by atoms with E-state index in [1.165, 1.54) is 24.8 Å². The lowest BCUT2D eigenvalue weighted by atomic mass is 9.72. The Hall–Kier alpha value is -2.01. The van der Waals surface area contributed by atoms with E-state index in [0.29, 0.717) is 6.61 Å². The van der Waals surface area contributed by atoms with E-state index >= 15 is 0 Å². The Bertz CT molecular complexity index is 813. The van der Waals surface area contributed by atoms with E-state index < -0.39 is 0 Å². The van der Waals surface area contributed by atoms with Gasteiger partial charge in [0, 0.05) is 5.41 Å². The minimum Gasteiger partial charge on any atom is -0.493 e. The van der Waals surface area contributed by atoms with Crippen LogP contribution in [0, 0.1) is 5.41 Å². The van der Waals surface area contributed by atoms with Crippen LogP contribution in [0.5, 0.6) is 11.5 Å². The molecular weight excluding hydrogens is 378 g/mol. The minimum atomic E-state index is -0.268. The predicted molar refractivity (Wildman–Crippen MR) is 119 cm³/mol. The fourth-order valence-corrected chi connectivity index (χ4v) is 5.11. The second-order valence-corrected chi connectivity index (χ2v) is 8.79. The lowest BCUT2D eigenvalue weighted by molar-refractivity contribution is -0.154. The van der Waals surface area contributed by atoms with Crippen LogP contribution in [0.4, 0.5) is 0 Å². The van der Waals surface area contributed by atoms with Gasteiger partial charge in [-0.05, 0) is 75.8 Å². The molecule has 3 aliphatic rings. The quantitative estimate of drug-likeness (QED) is 0.513. The molecule has 1 spiro atoms. The van der Waals surface area contributed by atoms with Crippen molar-refractivity contribution >= 4 is 5.97 Å². The van der Waals surface area contributed by atoms with Gasteiger partial charge in [0.25, 0.3) is 0 Å². The van der Waals surface area contributed by atoms with Crippen LogP contribution in [0.15, 0.2) is 29.8 Å². The molecule has 1 heterocycles. The third-order valence-electron chi connectivity index (χ3n) is 7.61. The molecule has 4 rings (SSSR count). The van der Waals surface area contributed by atoms with Gasteiger partial charge in [-0.1, -0.05) is 26.0 Å². The topological polar surface area (TPSA) is 56.8 Å². The number of rotatable bonds is 7. The molecule has 0 radical (unpaired) electrons. The highest BCUT2D eigenvalue weighted by Crippen LogP contribution is 2.64. The van der Waals surface area contributed by atoms with Crippen LogP contribution in [0.1, 0.15) is 65.4 Å². The summed E-state index contributed by atoms with van der Waals surface area (Å²) in [6.07, 6.45) is 7.83. The Morgan fingerprint density at radius 3 is 2.37 bits per heavy atom. The van der Waals surface area contributed by atoms with Gasteiger partial charge in [0.1, 0.15) is 0 Å². The van der Waals surface area contributed by atoms with Crippen LogP contribution in [-0.2, 0) is 14.9 Å². The van der Waals surface area contributed by atoms with Gasteiger partial charge in [0.05, 0.1) is 31.8 Å². The van der Waals surface area contributed by atoms with Gasteiger partial charge in [-0.3, -0.25) is 4.79 Å². The summed E-state index contributed by atoms with van der Waals surface area (Å²) < 4.78 is 15.8. The van der Waals surface area contributed by atoms with Crippen LogP contribution < -0.4 is 14.8 Å². The van der Waals surface area contributed by atoms with Crippen molar-refractivity contribution in [3.63, 3.8) is 0 Å². The average molecular weight is 416 g/mol. The number of esters is 1. The highest BCUT2D eigenvalue weighted by molar-refractivity contribution is 5.76. The van der Waals surface area contributed by atoms with Crippen molar-refractivity contribution in [3.8, 4) is 11.5 Å². The second kappa shape index (κ2) is 8.62. The largest absolute Gasteiger partial charge is 0.493 e. The first-order valence-corrected chi connectivity index (χ1v) is 11.2.